The van der Waals surface area contributed by atoms with Crippen molar-refractivity contribution < 1.29 is 19.2 Å². The van der Waals surface area contributed by atoms with Crippen molar-refractivity contribution in [3.8, 4) is 0 Å². The quantitative estimate of drug-likeness (QED) is 0.613. The monoisotopic (exact) mass is 271 g/mol. The van der Waals surface area contributed by atoms with Crippen molar-refractivity contribution in [2.24, 2.45) is 11.3 Å². The van der Waals surface area contributed by atoms with Gasteiger partial charge in [-0.1, -0.05) is 24.3 Å². The lowest BCUT2D eigenvalue weighted by Crippen LogP contribution is -2.51. The fourth-order valence-corrected chi connectivity index (χ4v) is 3.10. The SMILES string of the molecule is CC1(C2CCC(=O)NC2=O)C(=O)c2ccccc2C1=O. The summed E-state index contributed by atoms with van der Waals surface area (Å²) in [6.07, 6.45) is 0.384. The van der Waals surface area contributed by atoms with Crippen LogP contribution in [0, 0.1) is 11.3 Å². The van der Waals surface area contributed by atoms with E-state index in [0.717, 1.165) is 0 Å². The summed E-state index contributed by atoms with van der Waals surface area (Å²) in [5.41, 5.74) is -0.663. The second-order valence-electron chi connectivity index (χ2n) is 5.41. The summed E-state index contributed by atoms with van der Waals surface area (Å²) < 4.78 is 0. The number of carbonyl (C=O) groups is 4. The predicted octanol–water partition coefficient (Wildman–Crippen LogP) is 1.12. The van der Waals surface area contributed by atoms with Gasteiger partial charge < -0.3 is 0 Å². The highest BCUT2D eigenvalue weighted by Crippen LogP contribution is 2.44. The van der Waals surface area contributed by atoms with Gasteiger partial charge in [-0.05, 0) is 13.3 Å². The molecule has 1 fully saturated rings. The minimum Gasteiger partial charge on any atom is -0.296 e. The van der Waals surface area contributed by atoms with Crippen LogP contribution in [0.1, 0.15) is 40.5 Å². The Bertz CT molecular complexity index is 627. The van der Waals surface area contributed by atoms with E-state index >= 15 is 0 Å². The number of nitrogens with one attached hydrogen (secondary N) is 1. The maximum absolute atomic E-state index is 12.6. The molecule has 1 aliphatic carbocycles. The molecular weight excluding hydrogens is 258 g/mol. The van der Waals surface area contributed by atoms with Gasteiger partial charge in [0.2, 0.25) is 11.8 Å². The van der Waals surface area contributed by atoms with Gasteiger partial charge in [0.15, 0.2) is 11.6 Å². The van der Waals surface area contributed by atoms with Crippen LogP contribution < -0.4 is 5.32 Å². The molecule has 0 aromatic heterocycles. The maximum atomic E-state index is 12.6. The Morgan fingerprint density at radius 2 is 1.60 bits per heavy atom. The topological polar surface area (TPSA) is 80.3 Å². The molecule has 20 heavy (non-hydrogen) atoms. The van der Waals surface area contributed by atoms with Crippen molar-refractivity contribution in [1.82, 2.24) is 5.32 Å². The van der Waals surface area contributed by atoms with Gasteiger partial charge in [0.25, 0.3) is 0 Å². The van der Waals surface area contributed by atoms with Crippen molar-refractivity contribution in [3.63, 3.8) is 0 Å². The molecule has 0 bridgehead atoms. The zero-order valence-electron chi connectivity index (χ0n) is 10.9. The van der Waals surface area contributed by atoms with Crippen LogP contribution in [0.4, 0.5) is 0 Å². The zero-order chi connectivity index (χ0) is 14.5. The highest BCUT2D eigenvalue weighted by molar-refractivity contribution is 6.31. The Balaban J connectivity index is 2.06. The second kappa shape index (κ2) is 4.10. The number of piperidine rings is 1. The first-order valence-electron chi connectivity index (χ1n) is 6.48. The highest BCUT2D eigenvalue weighted by Gasteiger charge is 2.57. The van der Waals surface area contributed by atoms with Crippen molar-refractivity contribution in [2.75, 3.05) is 0 Å². The minimum atomic E-state index is -1.39. The number of ketones is 2. The largest absolute Gasteiger partial charge is 0.296 e. The lowest BCUT2D eigenvalue weighted by atomic mass is 9.69. The van der Waals surface area contributed by atoms with Gasteiger partial charge in [-0.25, -0.2) is 0 Å². The van der Waals surface area contributed by atoms with Gasteiger partial charge >= 0.3 is 0 Å². The number of benzene rings is 1. The lowest BCUT2D eigenvalue weighted by Gasteiger charge is -2.32. The smallest absolute Gasteiger partial charge is 0.231 e. The number of carbonyl (C=O) groups excluding carboxylic acids is 4. The van der Waals surface area contributed by atoms with E-state index in [1.165, 1.54) is 6.92 Å². The van der Waals surface area contributed by atoms with E-state index in [1.54, 1.807) is 24.3 Å². The first-order chi connectivity index (χ1) is 9.46. The number of fused-ring (bicyclic) bond motifs is 1. The fraction of sp³-hybridized carbons (Fsp3) is 0.333. The normalized spacial score (nSPS) is 24.6. The highest BCUT2D eigenvalue weighted by atomic mass is 16.2. The number of imide groups is 1. The Kier molecular flexibility index (Phi) is 2.61. The van der Waals surface area contributed by atoms with Crippen LogP contribution in [0.2, 0.25) is 0 Å². The molecular formula is C15H13NO4. The maximum Gasteiger partial charge on any atom is 0.231 e. The van der Waals surface area contributed by atoms with Gasteiger partial charge in [-0.2, -0.15) is 0 Å². The van der Waals surface area contributed by atoms with Crippen molar-refractivity contribution in [2.45, 2.75) is 19.8 Å². The van der Waals surface area contributed by atoms with Crippen LogP contribution >= 0.6 is 0 Å². The third kappa shape index (κ3) is 1.49. The molecule has 5 nitrogen and oxygen atoms in total. The van der Waals surface area contributed by atoms with E-state index in [9.17, 15) is 19.2 Å². The third-order valence-electron chi connectivity index (χ3n) is 4.30. The summed E-state index contributed by atoms with van der Waals surface area (Å²) >= 11 is 0. The van der Waals surface area contributed by atoms with Crippen LogP contribution in [-0.4, -0.2) is 23.4 Å². The molecule has 2 aliphatic rings. The number of hydrogen-bond donors (Lipinski definition) is 1. The van der Waals surface area contributed by atoms with Crippen LogP contribution in [-0.2, 0) is 9.59 Å². The van der Waals surface area contributed by atoms with Crippen LogP contribution in [0.3, 0.4) is 0 Å². The summed E-state index contributed by atoms with van der Waals surface area (Å²) in [4.78, 5) is 48.4. The molecule has 1 N–H and O–H groups in total. The summed E-state index contributed by atoms with van der Waals surface area (Å²) in [5.74, 6) is -2.32. The van der Waals surface area contributed by atoms with E-state index in [4.69, 9.17) is 0 Å². The molecule has 3 rings (SSSR count). The molecule has 0 radical (unpaired) electrons. The first-order valence-corrected chi connectivity index (χ1v) is 6.48. The van der Waals surface area contributed by atoms with E-state index in [-0.39, 0.29) is 30.3 Å². The Morgan fingerprint density at radius 3 is 2.10 bits per heavy atom. The van der Waals surface area contributed by atoms with Gasteiger partial charge in [0.1, 0.15) is 5.41 Å². The Labute approximate surface area is 115 Å². The predicted molar refractivity (Wildman–Crippen MR) is 69.1 cm³/mol. The molecule has 1 aliphatic heterocycles. The van der Waals surface area contributed by atoms with E-state index in [0.29, 0.717) is 11.1 Å². The number of rotatable bonds is 1. The van der Waals surface area contributed by atoms with E-state index < -0.39 is 17.2 Å². The van der Waals surface area contributed by atoms with Crippen LogP contribution in [0.15, 0.2) is 24.3 Å². The van der Waals surface area contributed by atoms with E-state index in [2.05, 4.69) is 5.32 Å². The molecule has 1 atom stereocenters. The lowest BCUT2D eigenvalue weighted by molar-refractivity contribution is -0.138. The average Bonchev–Trinajstić information content (AvgIpc) is 2.62. The molecule has 1 saturated heterocycles. The fourth-order valence-electron chi connectivity index (χ4n) is 3.10. The van der Waals surface area contributed by atoms with Crippen molar-refractivity contribution in [1.29, 1.82) is 0 Å². The van der Waals surface area contributed by atoms with Crippen LogP contribution in [0.5, 0.6) is 0 Å². The standard InChI is InChI=1S/C15H13NO4/c1-15(10-6-7-11(17)16-14(10)20)12(18)8-4-2-3-5-9(8)13(15)19/h2-5,10H,6-7H2,1H3,(H,16,17,20). The van der Waals surface area contributed by atoms with Crippen LogP contribution in [0.25, 0.3) is 0 Å². The minimum absolute atomic E-state index is 0.156. The summed E-state index contributed by atoms with van der Waals surface area (Å²) in [6, 6.07) is 6.60. The Hall–Kier alpha value is -2.30. The Morgan fingerprint density at radius 1 is 1.05 bits per heavy atom. The number of hydrogen-bond acceptors (Lipinski definition) is 4. The molecule has 5 heteroatoms. The molecule has 1 aromatic rings. The summed E-state index contributed by atoms with van der Waals surface area (Å²) in [6.45, 7) is 1.51. The zero-order valence-corrected chi connectivity index (χ0v) is 10.9. The molecule has 1 heterocycles. The van der Waals surface area contributed by atoms with Gasteiger partial charge in [-0.15, -0.1) is 0 Å². The van der Waals surface area contributed by atoms with Crippen molar-refractivity contribution >= 4 is 23.4 Å². The molecule has 0 saturated carbocycles. The van der Waals surface area contributed by atoms with Gasteiger partial charge in [0, 0.05) is 17.5 Å². The molecule has 1 aromatic carbocycles. The average molecular weight is 271 g/mol. The third-order valence-corrected chi connectivity index (χ3v) is 4.30. The van der Waals surface area contributed by atoms with Crippen molar-refractivity contribution in [3.05, 3.63) is 35.4 Å². The molecule has 0 spiro atoms. The summed E-state index contributed by atoms with van der Waals surface area (Å²) in [7, 11) is 0. The molecule has 1 unspecified atom stereocenters. The molecule has 2 amide bonds. The van der Waals surface area contributed by atoms with Gasteiger partial charge in [-0.3, -0.25) is 24.5 Å². The second-order valence-corrected chi connectivity index (χ2v) is 5.41. The molecule has 102 valence electrons. The van der Waals surface area contributed by atoms with Gasteiger partial charge in [0.05, 0.1) is 5.92 Å². The number of amides is 2. The summed E-state index contributed by atoms with van der Waals surface area (Å²) in [5, 5.41) is 2.22. The van der Waals surface area contributed by atoms with E-state index in [1.807, 2.05) is 0 Å². The number of Topliss-reactive ketones (excluding diaryl/α,β-unsaturated/α-hetero) is 2. The first kappa shape index (κ1) is 12.7.